The van der Waals surface area contributed by atoms with E-state index in [1.807, 2.05) is 36.6 Å². The van der Waals surface area contributed by atoms with Crippen LogP contribution in [-0.2, 0) is 17.8 Å². The van der Waals surface area contributed by atoms with E-state index in [0.717, 1.165) is 62.1 Å². The number of rotatable bonds is 9. The molecule has 0 saturated carbocycles. The third kappa shape index (κ3) is 6.93. The number of hydrogen-bond donors (Lipinski definition) is 2. The fourth-order valence-corrected chi connectivity index (χ4v) is 3.67. The van der Waals surface area contributed by atoms with E-state index in [-0.39, 0.29) is 5.91 Å². The minimum Gasteiger partial charge on any atom is -0.486 e. The van der Waals surface area contributed by atoms with Crippen molar-refractivity contribution in [1.29, 1.82) is 0 Å². The lowest BCUT2D eigenvalue weighted by atomic mass is 10.2. The molecule has 2 heterocycles. The highest BCUT2D eigenvalue weighted by atomic mass is 32.1. The first-order valence-corrected chi connectivity index (χ1v) is 10.4. The second kappa shape index (κ2) is 10.4. The van der Waals surface area contributed by atoms with Crippen molar-refractivity contribution >= 4 is 17.2 Å². The van der Waals surface area contributed by atoms with Gasteiger partial charge in [-0.3, -0.25) is 4.79 Å². The average Bonchev–Trinajstić information content (AvgIpc) is 3.13. The minimum absolute atomic E-state index is 0.0339. The Bertz CT molecular complexity index is 711. The SMILES string of the molecule is Cc1ccc(OCc2nc(CC(=O)NCCCN3CCNCC3)cs2)cc1. The minimum atomic E-state index is 0.0339. The molecule has 1 aliphatic rings. The maximum atomic E-state index is 12.1. The van der Waals surface area contributed by atoms with Gasteiger partial charge in [-0.15, -0.1) is 11.3 Å². The maximum Gasteiger partial charge on any atom is 0.226 e. The number of nitrogens with one attached hydrogen (secondary N) is 2. The lowest BCUT2D eigenvalue weighted by Crippen LogP contribution is -2.44. The Hall–Kier alpha value is -1.96. The molecule has 0 atom stereocenters. The number of piperazine rings is 1. The van der Waals surface area contributed by atoms with Crippen molar-refractivity contribution in [2.24, 2.45) is 0 Å². The third-order valence-electron chi connectivity index (χ3n) is 4.51. The van der Waals surface area contributed by atoms with Gasteiger partial charge < -0.3 is 20.3 Å². The second-order valence-electron chi connectivity index (χ2n) is 6.81. The van der Waals surface area contributed by atoms with E-state index in [1.54, 1.807) is 0 Å². The molecule has 1 aliphatic heterocycles. The van der Waals surface area contributed by atoms with Crippen LogP contribution in [0.2, 0.25) is 0 Å². The van der Waals surface area contributed by atoms with Gasteiger partial charge in [0.05, 0.1) is 12.1 Å². The van der Waals surface area contributed by atoms with Crippen molar-refractivity contribution < 1.29 is 9.53 Å². The largest absolute Gasteiger partial charge is 0.486 e. The van der Waals surface area contributed by atoms with E-state index in [0.29, 0.717) is 13.0 Å². The molecule has 146 valence electrons. The molecule has 1 aromatic carbocycles. The van der Waals surface area contributed by atoms with Crippen LogP contribution < -0.4 is 15.4 Å². The molecule has 7 heteroatoms. The predicted octanol–water partition coefficient (Wildman–Crippen LogP) is 1.98. The quantitative estimate of drug-likeness (QED) is 0.643. The number of nitrogens with zero attached hydrogens (tertiary/aromatic N) is 2. The van der Waals surface area contributed by atoms with E-state index >= 15 is 0 Å². The summed E-state index contributed by atoms with van der Waals surface area (Å²) in [5, 5.41) is 9.17. The number of amides is 1. The fraction of sp³-hybridized carbons (Fsp3) is 0.500. The van der Waals surface area contributed by atoms with Crippen LogP contribution >= 0.6 is 11.3 Å². The van der Waals surface area contributed by atoms with Crippen LogP contribution in [0.15, 0.2) is 29.6 Å². The first kappa shape index (κ1) is 19.8. The summed E-state index contributed by atoms with van der Waals surface area (Å²) in [5.74, 6) is 0.867. The highest BCUT2D eigenvalue weighted by Crippen LogP contribution is 2.16. The average molecular weight is 389 g/mol. The van der Waals surface area contributed by atoms with Crippen molar-refractivity contribution in [1.82, 2.24) is 20.5 Å². The highest BCUT2D eigenvalue weighted by molar-refractivity contribution is 7.09. The van der Waals surface area contributed by atoms with E-state index in [2.05, 4.69) is 20.5 Å². The third-order valence-corrected chi connectivity index (χ3v) is 5.38. The lowest BCUT2D eigenvalue weighted by Gasteiger charge is -2.27. The van der Waals surface area contributed by atoms with Gasteiger partial charge in [0.15, 0.2) is 0 Å². The summed E-state index contributed by atoms with van der Waals surface area (Å²) in [7, 11) is 0. The summed E-state index contributed by atoms with van der Waals surface area (Å²) >= 11 is 1.53. The first-order valence-electron chi connectivity index (χ1n) is 9.51. The number of thiazole rings is 1. The zero-order valence-corrected chi connectivity index (χ0v) is 16.7. The molecule has 2 N–H and O–H groups in total. The zero-order valence-electron chi connectivity index (χ0n) is 15.9. The van der Waals surface area contributed by atoms with Gasteiger partial charge in [-0.1, -0.05) is 17.7 Å². The molecular formula is C20H28N4O2S. The summed E-state index contributed by atoms with van der Waals surface area (Å²) in [6, 6.07) is 7.96. The summed E-state index contributed by atoms with van der Waals surface area (Å²) in [6.45, 7) is 8.56. The Morgan fingerprint density at radius 3 is 2.85 bits per heavy atom. The van der Waals surface area contributed by atoms with Gasteiger partial charge in [0.25, 0.3) is 0 Å². The fourth-order valence-electron chi connectivity index (χ4n) is 2.97. The molecule has 27 heavy (non-hydrogen) atoms. The van der Waals surface area contributed by atoms with Crippen molar-refractivity contribution in [3.05, 3.63) is 45.9 Å². The molecule has 0 aliphatic carbocycles. The van der Waals surface area contributed by atoms with Gasteiger partial charge >= 0.3 is 0 Å². The van der Waals surface area contributed by atoms with Gasteiger partial charge in [-0.25, -0.2) is 4.98 Å². The number of hydrogen-bond acceptors (Lipinski definition) is 6. The Morgan fingerprint density at radius 1 is 1.30 bits per heavy atom. The van der Waals surface area contributed by atoms with E-state index in [1.165, 1.54) is 16.9 Å². The van der Waals surface area contributed by atoms with Gasteiger partial charge in [-0.2, -0.15) is 0 Å². The maximum absolute atomic E-state index is 12.1. The van der Waals surface area contributed by atoms with Crippen LogP contribution in [0.5, 0.6) is 5.75 Å². The number of ether oxygens (including phenoxy) is 1. The smallest absolute Gasteiger partial charge is 0.226 e. The normalized spacial score (nSPS) is 14.9. The van der Waals surface area contributed by atoms with E-state index in [9.17, 15) is 4.79 Å². The van der Waals surface area contributed by atoms with Crippen LogP contribution in [0, 0.1) is 6.92 Å². The second-order valence-corrected chi connectivity index (χ2v) is 7.75. The van der Waals surface area contributed by atoms with Gasteiger partial charge in [0.2, 0.25) is 5.91 Å². The molecule has 3 rings (SSSR count). The molecular weight excluding hydrogens is 360 g/mol. The van der Waals surface area contributed by atoms with Crippen molar-refractivity contribution in [2.45, 2.75) is 26.4 Å². The Balaban J connectivity index is 1.33. The van der Waals surface area contributed by atoms with Crippen LogP contribution in [-0.4, -0.2) is 55.1 Å². The van der Waals surface area contributed by atoms with Crippen molar-refractivity contribution in [3.8, 4) is 5.75 Å². The Morgan fingerprint density at radius 2 is 2.07 bits per heavy atom. The molecule has 6 nitrogen and oxygen atoms in total. The molecule has 1 fully saturated rings. The summed E-state index contributed by atoms with van der Waals surface area (Å²) in [6.07, 6.45) is 1.31. The molecule has 1 amide bonds. The molecule has 0 spiro atoms. The Kier molecular flexibility index (Phi) is 7.62. The zero-order chi connectivity index (χ0) is 18.9. The molecule has 1 saturated heterocycles. The topological polar surface area (TPSA) is 66.5 Å². The van der Waals surface area contributed by atoms with E-state index < -0.39 is 0 Å². The van der Waals surface area contributed by atoms with Crippen molar-refractivity contribution in [3.63, 3.8) is 0 Å². The van der Waals surface area contributed by atoms with Gasteiger partial charge in [-0.05, 0) is 32.0 Å². The highest BCUT2D eigenvalue weighted by Gasteiger charge is 2.10. The molecule has 0 radical (unpaired) electrons. The van der Waals surface area contributed by atoms with Gasteiger partial charge in [0, 0.05) is 38.1 Å². The lowest BCUT2D eigenvalue weighted by molar-refractivity contribution is -0.120. The molecule has 1 aromatic heterocycles. The monoisotopic (exact) mass is 388 g/mol. The van der Waals surface area contributed by atoms with Crippen LogP contribution in [0.3, 0.4) is 0 Å². The number of carbonyl (C=O) groups excluding carboxylic acids is 1. The van der Waals surface area contributed by atoms with Crippen LogP contribution in [0.4, 0.5) is 0 Å². The number of aromatic nitrogens is 1. The number of carbonyl (C=O) groups is 1. The summed E-state index contributed by atoms with van der Waals surface area (Å²) < 4.78 is 5.74. The van der Waals surface area contributed by atoms with Crippen LogP contribution in [0.1, 0.15) is 22.7 Å². The molecule has 0 bridgehead atoms. The number of aryl methyl sites for hydroxylation is 1. The predicted molar refractivity (Wildman–Crippen MR) is 108 cm³/mol. The first-order chi connectivity index (χ1) is 13.2. The molecule has 0 unspecified atom stereocenters. The van der Waals surface area contributed by atoms with Gasteiger partial charge in [0.1, 0.15) is 17.4 Å². The van der Waals surface area contributed by atoms with E-state index in [4.69, 9.17) is 4.74 Å². The van der Waals surface area contributed by atoms with Crippen molar-refractivity contribution in [2.75, 3.05) is 39.3 Å². The standard InChI is InChI=1S/C20H28N4O2S/c1-16-3-5-18(6-4-16)26-14-20-23-17(15-27-20)13-19(25)22-7-2-10-24-11-8-21-9-12-24/h3-6,15,21H,2,7-14H2,1H3,(H,22,25). The summed E-state index contributed by atoms with van der Waals surface area (Å²) in [4.78, 5) is 19.0. The number of benzene rings is 1. The Labute approximate surface area is 164 Å². The summed E-state index contributed by atoms with van der Waals surface area (Å²) in [5.41, 5.74) is 2.01. The van der Waals surface area contributed by atoms with Crippen LogP contribution in [0.25, 0.3) is 0 Å². The molecule has 2 aromatic rings.